The molecule has 0 saturated heterocycles. The first-order valence-electron chi connectivity index (χ1n) is 5.39. The fourth-order valence-electron chi connectivity index (χ4n) is 1.26. The third kappa shape index (κ3) is 5.25. The minimum absolute atomic E-state index is 0.00712. The van der Waals surface area contributed by atoms with Gasteiger partial charge in [0.1, 0.15) is 12.4 Å². The van der Waals surface area contributed by atoms with Crippen LogP contribution in [0.1, 0.15) is 0 Å². The van der Waals surface area contributed by atoms with Crippen molar-refractivity contribution < 1.29 is 27.8 Å². The first kappa shape index (κ1) is 15.4. The molecule has 0 amide bonds. The summed E-state index contributed by atoms with van der Waals surface area (Å²) < 4.78 is 35.7. The number of aliphatic carboxylic acids is 1. The van der Waals surface area contributed by atoms with Crippen molar-refractivity contribution in [1.29, 1.82) is 0 Å². The second-order valence-electron chi connectivity index (χ2n) is 3.52. The molecule has 0 aliphatic carbocycles. The molecule has 0 unspecified atom stereocenters. The van der Waals surface area contributed by atoms with Crippen molar-refractivity contribution in [2.24, 2.45) is 0 Å². The highest BCUT2D eigenvalue weighted by molar-refractivity contribution is 7.89. The van der Waals surface area contributed by atoms with Crippen molar-refractivity contribution in [3.63, 3.8) is 0 Å². The molecule has 8 heteroatoms. The van der Waals surface area contributed by atoms with Crippen LogP contribution < -0.4 is 9.46 Å². The van der Waals surface area contributed by atoms with E-state index in [4.69, 9.17) is 14.6 Å². The van der Waals surface area contributed by atoms with Gasteiger partial charge >= 0.3 is 5.97 Å². The van der Waals surface area contributed by atoms with Crippen LogP contribution in [-0.2, 0) is 19.6 Å². The highest BCUT2D eigenvalue weighted by Crippen LogP contribution is 2.16. The van der Waals surface area contributed by atoms with Crippen LogP contribution in [0.2, 0.25) is 0 Å². The van der Waals surface area contributed by atoms with E-state index in [1.165, 1.54) is 19.2 Å². The van der Waals surface area contributed by atoms with Gasteiger partial charge in [-0.1, -0.05) is 6.07 Å². The average molecular weight is 289 g/mol. The molecule has 2 N–H and O–H groups in total. The maximum Gasteiger partial charge on any atom is 0.329 e. The van der Waals surface area contributed by atoms with Crippen LogP contribution in [0.25, 0.3) is 0 Å². The lowest BCUT2D eigenvalue weighted by Crippen LogP contribution is -2.28. The van der Waals surface area contributed by atoms with Crippen LogP contribution in [0.3, 0.4) is 0 Å². The number of hydrogen-bond donors (Lipinski definition) is 2. The van der Waals surface area contributed by atoms with Gasteiger partial charge in [-0.2, -0.15) is 0 Å². The molecule has 0 heterocycles. The number of nitrogens with one attached hydrogen (secondary N) is 1. The quantitative estimate of drug-likeness (QED) is 0.657. The topological polar surface area (TPSA) is 102 Å². The third-order valence-electron chi connectivity index (χ3n) is 2.12. The van der Waals surface area contributed by atoms with Gasteiger partial charge in [0.2, 0.25) is 10.0 Å². The second kappa shape index (κ2) is 7.07. The Morgan fingerprint density at radius 2 is 2.16 bits per heavy atom. The molecule has 0 saturated carbocycles. The van der Waals surface area contributed by atoms with E-state index in [1.807, 2.05) is 0 Å². The Labute approximate surface area is 111 Å². The van der Waals surface area contributed by atoms with Crippen LogP contribution in [0, 0.1) is 0 Å². The molecule has 0 aliphatic rings. The SMILES string of the molecule is COc1cccc(S(=O)(=O)NCCOCC(=O)O)c1. The third-order valence-corrected chi connectivity index (χ3v) is 3.57. The minimum Gasteiger partial charge on any atom is -0.497 e. The van der Waals surface area contributed by atoms with E-state index in [0.717, 1.165) is 0 Å². The van der Waals surface area contributed by atoms with E-state index in [2.05, 4.69) is 4.72 Å². The summed E-state index contributed by atoms with van der Waals surface area (Å²) in [6.07, 6.45) is 0. The van der Waals surface area contributed by atoms with Crippen molar-refractivity contribution in [3.8, 4) is 5.75 Å². The summed E-state index contributed by atoms with van der Waals surface area (Å²) in [6, 6.07) is 6.02. The molecule has 7 nitrogen and oxygen atoms in total. The highest BCUT2D eigenvalue weighted by Gasteiger charge is 2.13. The van der Waals surface area contributed by atoms with E-state index in [0.29, 0.717) is 5.75 Å². The molecule has 0 bridgehead atoms. The van der Waals surface area contributed by atoms with Crippen molar-refractivity contribution >= 4 is 16.0 Å². The molecule has 106 valence electrons. The number of ether oxygens (including phenoxy) is 2. The fourth-order valence-corrected chi connectivity index (χ4v) is 2.31. The Morgan fingerprint density at radius 1 is 1.42 bits per heavy atom. The summed E-state index contributed by atoms with van der Waals surface area (Å²) in [6.45, 7) is -0.483. The van der Waals surface area contributed by atoms with Gasteiger partial charge in [-0.15, -0.1) is 0 Å². The monoisotopic (exact) mass is 289 g/mol. The van der Waals surface area contributed by atoms with Crippen molar-refractivity contribution in [2.45, 2.75) is 4.90 Å². The van der Waals surface area contributed by atoms with Gasteiger partial charge in [-0.05, 0) is 12.1 Å². The zero-order chi connectivity index (χ0) is 14.3. The number of methoxy groups -OCH3 is 1. The predicted octanol–water partition coefficient (Wildman–Crippen LogP) is 0.0747. The summed E-state index contributed by atoms with van der Waals surface area (Å²) in [7, 11) is -2.21. The Hall–Kier alpha value is -1.64. The maximum atomic E-state index is 11.9. The summed E-state index contributed by atoms with van der Waals surface area (Å²) in [4.78, 5) is 10.2. The fraction of sp³-hybridized carbons (Fsp3) is 0.364. The minimum atomic E-state index is -3.65. The summed E-state index contributed by atoms with van der Waals surface area (Å²) in [5.41, 5.74) is 0. The average Bonchev–Trinajstić information content (AvgIpc) is 2.38. The van der Waals surface area contributed by atoms with Gasteiger partial charge in [0.25, 0.3) is 0 Å². The number of sulfonamides is 1. The number of hydrogen-bond acceptors (Lipinski definition) is 5. The van der Waals surface area contributed by atoms with Crippen molar-refractivity contribution in [1.82, 2.24) is 4.72 Å². The Bertz CT molecular complexity index is 528. The lowest BCUT2D eigenvalue weighted by Gasteiger charge is -2.08. The molecule has 1 aromatic rings. The summed E-state index contributed by atoms with van der Waals surface area (Å²) >= 11 is 0. The Morgan fingerprint density at radius 3 is 2.79 bits per heavy atom. The molecular weight excluding hydrogens is 274 g/mol. The summed E-state index contributed by atoms with van der Waals surface area (Å²) in [5, 5.41) is 8.33. The molecule has 0 radical (unpaired) electrons. The Kier molecular flexibility index (Phi) is 5.74. The van der Waals surface area contributed by atoms with Gasteiger partial charge in [-0.3, -0.25) is 0 Å². The van der Waals surface area contributed by atoms with Gasteiger partial charge in [0.15, 0.2) is 0 Å². The number of rotatable bonds is 8. The van der Waals surface area contributed by atoms with E-state index >= 15 is 0 Å². The largest absolute Gasteiger partial charge is 0.497 e. The van der Waals surface area contributed by atoms with Gasteiger partial charge < -0.3 is 14.6 Å². The second-order valence-corrected chi connectivity index (χ2v) is 5.29. The lowest BCUT2D eigenvalue weighted by atomic mass is 10.3. The van der Waals surface area contributed by atoms with Crippen LogP contribution in [0.15, 0.2) is 29.2 Å². The van der Waals surface area contributed by atoms with Crippen LogP contribution in [-0.4, -0.2) is 46.4 Å². The number of carbonyl (C=O) groups is 1. The molecule has 1 aromatic carbocycles. The molecular formula is C11H15NO6S. The maximum absolute atomic E-state index is 11.9. The van der Waals surface area contributed by atoms with Gasteiger partial charge in [0.05, 0.1) is 18.6 Å². The van der Waals surface area contributed by atoms with Crippen molar-refractivity contribution in [3.05, 3.63) is 24.3 Å². The Balaban J connectivity index is 2.53. The standard InChI is InChI=1S/C11H15NO6S/c1-17-9-3-2-4-10(7-9)19(15,16)12-5-6-18-8-11(13)14/h2-4,7,12H,5-6,8H2,1H3,(H,13,14). The normalized spacial score (nSPS) is 11.2. The van der Waals surface area contributed by atoms with E-state index in [1.54, 1.807) is 12.1 Å². The van der Waals surface area contributed by atoms with E-state index in [-0.39, 0.29) is 18.0 Å². The number of benzene rings is 1. The lowest BCUT2D eigenvalue weighted by molar-refractivity contribution is -0.142. The molecule has 0 spiro atoms. The molecule has 0 aliphatic heterocycles. The van der Waals surface area contributed by atoms with Crippen molar-refractivity contribution in [2.75, 3.05) is 26.9 Å². The zero-order valence-electron chi connectivity index (χ0n) is 10.3. The predicted molar refractivity (Wildman–Crippen MR) is 66.6 cm³/mol. The number of carboxylic acid groups (broad SMARTS) is 1. The summed E-state index contributed by atoms with van der Waals surface area (Å²) in [5.74, 6) is -0.666. The van der Waals surface area contributed by atoms with Gasteiger partial charge in [0, 0.05) is 12.6 Å². The van der Waals surface area contributed by atoms with Gasteiger partial charge in [-0.25, -0.2) is 17.9 Å². The molecule has 1 rings (SSSR count). The highest BCUT2D eigenvalue weighted by atomic mass is 32.2. The molecule has 0 aromatic heterocycles. The number of carboxylic acids is 1. The molecule has 19 heavy (non-hydrogen) atoms. The van der Waals surface area contributed by atoms with Crippen LogP contribution in [0.5, 0.6) is 5.75 Å². The zero-order valence-corrected chi connectivity index (χ0v) is 11.1. The van der Waals surface area contributed by atoms with Crippen LogP contribution in [0.4, 0.5) is 0 Å². The molecule has 0 fully saturated rings. The smallest absolute Gasteiger partial charge is 0.329 e. The van der Waals surface area contributed by atoms with Crippen LogP contribution >= 0.6 is 0 Å². The van der Waals surface area contributed by atoms with E-state index < -0.39 is 22.6 Å². The first-order chi connectivity index (χ1) is 8.95. The first-order valence-corrected chi connectivity index (χ1v) is 6.87. The van der Waals surface area contributed by atoms with E-state index in [9.17, 15) is 13.2 Å². The molecule has 0 atom stereocenters.